The summed E-state index contributed by atoms with van der Waals surface area (Å²) in [6, 6.07) is 7.44. The second kappa shape index (κ2) is 8.02. The molecule has 6 heteroatoms. The Labute approximate surface area is 120 Å². The monoisotopic (exact) mass is 296 g/mol. The van der Waals surface area contributed by atoms with Crippen LogP contribution in [0.4, 0.5) is 0 Å². The molecule has 0 bridgehead atoms. The van der Waals surface area contributed by atoms with Gasteiger partial charge in [0, 0.05) is 26.3 Å². The molecule has 0 aromatic heterocycles. The van der Waals surface area contributed by atoms with Crippen molar-refractivity contribution >= 4 is 10.0 Å². The van der Waals surface area contributed by atoms with Crippen molar-refractivity contribution in [1.29, 1.82) is 0 Å². The lowest BCUT2D eigenvalue weighted by Crippen LogP contribution is -2.30. The van der Waals surface area contributed by atoms with Crippen LogP contribution in [0.25, 0.3) is 0 Å². The molecule has 1 aromatic rings. The summed E-state index contributed by atoms with van der Waals surface area (Å²) in [7, 11) is -0.236. The van der Waals surface area contributed by atoms with Crippen LogP contribution in [-0.2, 0) is 21.3 Å². The first-order valence-corrected chi connectivity index (χ1v) is 7.81. The summed E-state index contributed by atoms with van der Waals surface area (Å²) in [6.45, 7) is 0.846. The molecule has 2 N–H and O–H groups in total. The van der Waals surface area contributed by atoms with E-state index in [9.17, 15) is 8.42 Å². The van der Waals surface area contributed by atoms with Crippen molar-refractivity contribution in [2.75, 3.05) is 33.1 Å². The first-order valence-electron chi connectivity index (χ1n) is 6.20. The zero-order valence-corrected chi connectivity index (χ0v) is 12.6. The van der Waals surface area contributed by atoms with Crippen molar-refractivity contribution in [3.05, 3.63) is 35.4 Å². The minimum Gasteiger partial charge on any atom is -0.384 e. The van der Waals surface area contributed by atoms with Crippen LogP contribution in [0.3, 0.4) is 0 Å². The first-order chi connectivity index (χ1) is 9.49. The van der Waals surface area contributed by atoms with E-state index >= 15 is 0 Å². The molecule has 0 heterocycles. The van der Waals surface area contributed by atoms with Crippen molar-refractivity contribution in [2.24, 2.45) is 5.73 Å². The molecule has 20 heavy (non-hydrogen) atoms. The average molecular weight is 296 g/mol. The lowest BCUT2D eigenvalue weighted by molar-refractivity contribution is 0.215. The maximum absolute atomic E-state index is 11.9. The predicted molar refractivity (Wildman–Crippen MR) is 79.5 cm³/mol. The van der Waals surface area contributed by atoms with E-state index < -0.39 is 10.0 Å². The van der Waals surface area contributed by atoms with Crippen LogP contribution in [0.5, 0.6) is 0 Å². The largest absolute Gasteiger partial charge is 0.384 e. The van der Waals surface area contributed by atoms with Gasteiger partial charge in [0.15, 0.2) is 0 Å². The number of hydrogen-bond donors (Lipinski definition) is 1. The van der Waals surface area contributed by atoms with E-state index in [1.54, 1.807) is 7.05 Å². The second-order valence-corrected chi connectivity index (χ2v) is 6.46. The van der Waals surface area contributed by atoms with E-state index in [4.69, 9.17) is 10.5 Å². The number of rotatable bonds is 6. The van der Waals surface area contributed by atoms with E-state index in [1.165, 1.54) is 11.4 Å². The Kier molecular flexibility index (Phi) is 6.68. The van der Waals surface area contributed by atoms with Gasteiger partial charge in [-0.1, -0.05) is 24.0 Å². The second-order valence-electron chi connectivity index (χ2n) is 4.27. The molecule has 0 saturated heterocycles. The third kappa shape index (κ3) is 5.31. The SMILES string of the molecule is COCCS(=O)(=O)N(C)Cc1ccc(C#CCN)cc1. The zero-order chi connectivity index (χ0) is 15.0. The Morgan fingerprint density at radius 1 is 1.30 bits per heavy atom. The summed E-state index contributed by atoms with van der Waals surface area (Å²) >= 11 is 0. The lowest BCUT2D eigenvalue weighted by Gasteiger charge is -2.17. The molecule has 0 aliphatic carbocycles. The van der Waals surface area contributed by atoms with Crippen LogP contribution >= 0.6 is 0 Å². The Balaban J connectivity index is 2.68. The highest BCUT2D eigenvalue weighted by Crippen LogP contribution is 2.09. The highest BCUT2D eigenvalue weighted by atomic mass is 32.2. The van der Waals surface area contributed by atoms with Crippen LogP contribution in [0, 0.1) is 11.8 Å². The van der Waals surface area contributed by atoms with Crippen LogP contribution in [0.15, 0.2) is 24.3 Å². The van der Waals surface area contributed by atoms with Gasteiger partial charge in [-0.15, -0.1) is 0 Å². The minimum absolute atomic E-state index is 0.0138. The number of ether oxygens (including phenoxy) is 1. The number of methoxy groups -OCH3 is 1. The van der Waals surface area contributed by atoms with Crippen molar-refractivity contribution in [3.63, 3.8) is 0 Å². The Bertz CT molecular complexity index is 571. The predicted octanol–water partition coefficient (Wildman–Crippen LogP) is 0.405. The molecule has 0 atom stereocenters. The quantitative estimate of drug-likeness (QED) is 0.772. The Morgan fingerprint density at radius 2 is 1.95 bits per heavy atom. The normalized spacial score (nSPS) is 11.2. The van der Waals surface area contributed by atoms with E-state index in [2.05, 4.69) is 11.8 Å². The smallest absolute Gasteiger partial charge is 0.216 e. The molecule has 0 aliphatic rings. The summed E-state index contributed by atoms with van der Waals surface area (Å²) in [5, 5.41) is 0. The molecule has 110 valence electrons. The van der Waals surface area contributed by atoms with Gasteiger partial charge in [-0.25, -0.2) is 12.7 Å². The van der Waals surface area contributed by atoms with E-state index in [1.807, 2.05) is 24.3 Å². The molecule has 1 aromatic carbocycles. The van der Waals surface area contributed by atoms with Crippen LogP contribution < -0.4 is 5.73 Å². The van der Waals surface area contributed by atoms with Crippen LogP contribution in [0.1, 0.15) is 11.1 Å². The molecular weight excluding hydrogens is 276 g/mol. The molecular formula is C14H20N2O3S. The fourth-order valence-electron chi connectivity index (χ4n) is 1.55. The topological polar surface area (TPSA) is 72.6 Å². The van der Waals surface area contributed by atoms with Gasteiger partial charge in [-0.2, -0.15) is 0 Å². The zero-order valence-electron chi connectivity index (χ0n) is 11.8. The third-order valence-corrected chi connectivity index (χ3v) is 4.48. The number of sulfonamides is 1. The van der Waals surface area contributed by atoms with Crippen LogP contribution in [0.2, 0.25) is 0 Å². The summed E-state index contributed by atoms with van der Waals surface area (Å²) < 4.78 is 29.9. The molecule has 0 amide bonds. The summed E-state index contributed by atoms with van der Waals surface area (Å²) in [5.41, 5.74) is 7.08. The lowest BCUT2D eigenvalue weighted by atomic mass is 10.1. The van der Waals surface area contributed by atoms with E-state index in [0.29, 0.717) is 13.1 Å². The van der Waals surface area contributed by atoms with Gasteiger partial charge >= 0.3 is 0 Å². The van der Waals surface area contributed by atoms with Gasteiger partial charge in [0.25, 0.3) is 0 Å². The summed E-state index contributed by atoms with van der Waals surface area (Å²) in [4.78, 5) is 0. The molecule has 0 aliphatic heterocycles. The van der Waals surface area contributed by atoms with Crippen LogP contribution in [-0.4, -0.2) is 45.8 Å². The Hall–Kier alpha value is -1.39. The minimum atomic E-state index is -3.28. The van der Waals surface area contributed by atoms with Gasteiger partial charge in [0.2, 0.25) is 10.0 Å². The van der Waals surface area contributed by atoms with E-state index in [-0.39, 0.29) is 12.4 Å². The summed E-state index contributed by atoms with van der Waals surface area (Å²) in [5.74, 6) is 5.68. The first kappa shape index (κ1) is 16.7. The number of hydrogen-bond acceptors (Lipinski definition) is 4. The number of benzene rings is 1. The molecule has 0 unspecified atom stereocenters. The molecule has 0 fully saturated rings. The average Bonchev–Trinajstić information content (AvgIpc) is 2.44. The highest BCUT2D eigenvalue weighted by Gasteiger charge is 2.17. The van der Waals surface area contributed by atoms with Gasteiger partial charge in [0.05, 0.1) is 18.9 Å². The fraction of sp³-hybridized carbons (Fsp3) is 0.429. The maximum Gasteiger partial charge on any atom is 0.216 e. The Morgan fingerprint density at radius 3 is 2.50 bits per heavy atom. The molecule has 1 rings (SSSR count). The van der Waals surface area contributed by atoms with Crippen molar-refractivity contribution in [2.45, 2.75) is 6.54 Å². The molecule has 0 saturated carbocycles. The number of nitrogens with zero attached hydrogens (tertiary/aromatic N) is 1. The summed E-state index contributed by atoms with van der Waals surface area (Å²) in [6.07, 6.45) is 0. The van der Waals surface area contributed by atoms with Crippen molar-refractivity contribution < 1.29 is 13.2 Å². The maximum atomic E-state index is 11.9. The van der Waals surface area contributed by atoms with Gasteiger partial charge in [-0.05, 0) is 17.7 Å². The van der Waals surface area contributed by atoms with Crippen molar-refractivity contribution in [3.8, 4) is 11.8 Å². The van der Waals surface area contributed by atoms with Gasteiger partial charge < -0.3 is 10.5 Å². The highest BCUT2D eigenvalue weighted by molar-refractivity contribution is 7.89. The molecule has 5 nitrogen and oxygen atoms in total. The number of nitrogens with two attached hydrogens (primary N) is 1. The third-order valence-electron chi connectivity index (χ3n) is 2.71. The molecule has 0 radical (unpaired) electrons. The van der Waals surface area contributed by atoms with Gasteiger partial charge in [-0.3, -0.25) is 0 Å². The van der Waals surface area contributed by atoms with Gasteiger partial charge in [0.1, 0.15) is 0 Å². The van der Waals surface area contributed by atoms with Crippen molar-refractivity contribution in [1.82, 2.24) is 4.31 Å². The fourth-order valence-corrected chi connectivity index (χ4v) is 2.58. The van der Waals surface area contributed by atoms with E-state index in [0.717, 1.165) is 11.1 Å². The standard InChI is InChI=1S/C14H20N2O3S/c1-16(20(17,18)11-10-19-2)12-14-7-5-13(6-8-14)4-3-9-15/h5-8H,9-12,15H2,1-2H3. The molecule has 0 spiro atoms.